The fourth-order valence-electron chi connectivity index (χ4n) is 3.77. The Balaban J connectivity index is 1.75. The molecule has 2 heterocycles. The van der Waals surface area contributed by atoms with E-state index in [-0.39, 0.29) is 11.9 Å². The SMILES string of the molecule is CCCN1C(=S)NC(c2ccc(F)cc2)C(c2nc(-c3ccc(OCC)cc3)no2)=C1C. The highest BCUT2D eigenvalue weighted by Crippen LogP contribution is 2.37. The minimum atomic E-state index is -0.329. The number of hydrogen-bond donors (Lipinski definition) is 1. The second kappa shape index (κ2) is 9.48. The van der Waals surface area contributed by atoms with Gasteiger partial charge in [-0.25, -0.2) is 4.39 Å². The minimum absolute atomic E-state index is 0.294. The molecule has 3 aromatic rings. The molecule has 1 aliphatic heterocycles. The van der Waals surface area contributed by atoms with Crippen LogP contribution in [0, 0.1) is 5.82 Å². The molecule has 1 aromatic heterocycles. The first-order valence-electron chi connectivity index (χ1n) is 10.6. The highest BCUT2D eigenvalue weighted by Gasteiger charge is 2.33. The molecule has 166 valence electrons. The van der Waals surface area contributed by atoms with Crippen molar-refractivity contribution in [1.29, 1.82) is 0 Å². The lowest BCUT2D eigenvalue weighted by molar-refractivity contribution is 0.340. The normalized spacial score (nSPS) is 16.3. The Bertz CT molecular complexity index is 1130. The quantitative estimate of drug-likeness (QED) is 0.485. The van der Waals surface area contributed by atoms with Crippen molar-refractivity contribution in [2.75, 3.05) is 13.2 Å². The number of hydrogen-bond acceptors (Lipinski definition) is 5. The maximum Gasteiger partial charge on any atom is 0.258 e. The third kappa shape index (κ3) is 4.36. The first kappa shape index (κ1) is 22.0. The largest absolute Gasteiger partial charge is 0.494 e. The van der Waals surface area contributed by atoms with Gasteiger partial charge in [0.2, 0.25) is 5.82 Å². The minimum Gasteiger partial charge on any atom is -0.494 e. The predicted octanol–water partition coefficient (Wildman–Crippen LogP) is 5.35. The van der Waals surface area contributed by atoms with Crippen LogP contribution in [-0.2, 0) is 0 Å². The van der Waals surface area contributed by atoms with Gasteiger partial charge in [0.05, 0.1) is 18.2 Å². The van der Waals surface area contributed by atoms with E-state index in [4.69, 9.17) is 21.5 Å². The Morgan fingerprint density at radius 2 is 1.84 bits per heavy atom. The van der Waals surface area contributed by atoms with Crippen molar-refractivity contribution >= 4 is 22.9 Å². The molecule has 1 atom stereocenters. The van der Waals surface area contributed by atoms with Gasteiger partial charge in [-0.2, -0.15) is 4.98 Å². The molecule has 8 heteroatoms. The van der Waals surface area contributed by atoms with Gasteiger partial charge in [-0.15, -0.1) is 0 Å². The lowest BCUT2D eigenvalue weighted by Gasteiger charge is -2.37. The van der Waals surface area contributed by atoms with Gasteiger partial charge >= 0.3 is 0 Å². The van der Waals surface area contributed by atoms with Gasteiger partial charge in [-0.1, -0.05) is 24.2 Å². The van der Waals surface area contributed by atoms with Gasteiger partial charge in [0.1, 0.15) is 11.6 Å². The van der Waals surface area contributed by atoms with Crippen LogP contribution in [0.3, 0.4) is 0 Å². The van der Waals surface area contributed by atoms with Crippen molar-refractivity contribution in [2.24, 2.45) is 0 Å². The van der Waals surface area contributed by atoms with E-state index in [1.165, 1.54) is 12.1 Å². The molecule has 0 bridgehead atoms. The lowest BCUT2D eigenvalue weighted by atomic mass is 9.94. The number of thiocarbonyl (C=S) groups is 1. The predicted molar refractivity (Wildman–Crippen MR) is 125 cm³/mol. The van der Waals surface area contributed by atoms with Crippen LogP contribution in [0.25, 0.3) is 17.0 Å². The lowest BCUT2D eigenvalue weighted by Crippen LogP contribution is -2.46. The average molecular weight is 453 g/mol. The highest BCUT2D eigenvalue weighted by atomic mass is 32.1. The summed E-state index contributed by atoms with van der Waals surface area (Å²) in [7, 11) is 0. The molecule has 0 aliphatic carbocycles. The van der Waals surface area contributed by atoms with E-state index < -0.39 is 0 Å². The Labute approximate surface area is 192 Å². The standard InChI is InChI=1S/C24H25FN4O2S/c1-4-14-29-15(3)20(21(26-24(29)32)16-6-10-18(25)11-7-16)23-27-22(28-31-23)17-8-12-19(13-9-17)30-5-2/h6-13,21H,4-5,14H2,1-3H3,(H,26,32). The number of halogens is 1. The van der Waals surface area contributed by atoms with Crippen molar-refractivity contribution in [2.45, 2.75) is 33.2 Å². The van der Waals surface area contributed by atoms with Gasteiger partial charge in [0.15, 0.2) is 5.11 Å². The number of nitrogens with one attached hydrogen (secondary N) is 1. The fourth-order valence-corrected chi connectivity index (χ4v) is 4.12. The van der Waals surface area contributed by atoms with E-state index in [0.29, 0.717) is 23.4 Å². The first-order valence-corrected chi connectivity index (χ1v) is 11.0. The second-order valence-electron chi connectivity index (χ2n) is 7.47. The molecule has 4 rings (SSSR count). The van der Waals surface area contributed by atoms with E-state index in [1.54, 1.807) is 12.1 Å². The number of nitrogens with zero attached hydrogens (tertiary/aromatic N) is 3. The molecule has 1 N–H and O–H groups in total. The number of ether oxygens (including phenoxy) is 1. The Morgan fingerprint density at radius 1 is 1.12 bits per heavy atom. The molecule has 0 fully saturated rings. The average Bonchev–Trinajstić information content (AvgIpc) is 3.27. The monoisotopic (exact) mass is 452 g/mol. The van der Waals surface area contributed by atoms with Crippen LogP contribution in [-0.4, -0.2) is 33.3 Å². The van der Waals surface area contributed by atoms with Crippen LogP contribution >= 0.6 is 12.2 Å². The molecule has 0 spiro atoms. The molecule has 0 saturated heterocycles. The molecular formula is C24H25FN4O2S. The molecule has 32 heavy (non-hydrogen) atoms. The summed E-state index contributed by atoms with van der Waals surface area (Å²) in [5, 5.41) is 8.19. The van der Waals surface area contributed by atoms with E-state index in [9.17, 15) is 4.39 Å². The molecule has 0 radical (unpaired) electrons. The van der Waals surface area contributed by atoms with Crippen LogP contribution in [0.5, 0.6) is 5.75 Å². The van der Waals surface area contributed by atoms with Crippen LogP contribution in [0.15, 0.2) is 58.8 Å². The van der Waals surface area contributed by atoms with Gasteiger partial charge in [0.25, 0.3) is 5.89 Å². The molecule has 0 amide bonds. The summed E-state index contributed by atoms with van der Waals surface area (Å²) in [4.78, 5) is 6.72. The van der Waals surface area contributed by atoms with Crippen LogP contribution in [0.1, 0.15) is 44.7 Å². The van der Waals surface area contributed by atoms with Crippen molar-refractivity contribution < 1.29 is 13.7 Å². The van der Waals surface area contributed by atoms with E-state index in [0.717, 1.165) is 41.1 Å². The summed E-state index contributed by atoms with van der Waals surface area (Å²) < 4.78 is 24.8. The second-order valence-corrected chi connectivity index (χ2v) is 7.85. The molecule has 0 saturated carbocycles. The summed E-state index contributed by atoms with van der Waals surface area (Å²) >= 11 is 5.62. The maximum atomic E-state index is 13.5. The van der Waals surface area contributed by atoms with Crippen molar-refractivity contribution in [3.05, 3.63) is 71.5 Å². The van der Waals surface area contributed by atoms with E-state index >= 15 is 0 Å². The zero-order valence-corrected chi connectivity index (χ0v) is 19.1. The van der Waals surface area contributed by atoms with Gasteiger partial charge in [0, 0.05) is 17.8 Å². The van der Waals surface area contributed by atoms with E-state index in [1.807, 2.05) is 43.0 Å². The number of benzene rings is 2. The number of allylic oxidation sites excluding steroid dienone is 1. The smallest absolute Gasteiger partial charge is 0.258 e. The van der Waals surface area contributed by atoms with Gasteiger partial charge < -0.3 is 19.5 Å². The molecular weight excluding hydrogens is 427 g/mol. The van der Waals surface area contributed by atoms with Crippen molar-refractivity contribution in [1.82, 2.24) is 20.4 Å². The fraction of sp³-hybridized carbons (Fsp3) is 0.292. The number of rotatable bonds is 7. The summed E-state index contributed by atoms with van der Waals surface area (Å²) in [6.45, 7) is 7.40. The van der Waals surface area contributed by atoms with Gasteiger partial charge in [-0.05, 0) is 74.4 Å². The van der Waals surface area contributed by atoms with Crippen LogP contribution in [0.2, 0.25) is 0 Å². The van der Waals surface area contributed by atoms with Crippen LogP contribution in [0.4, 0.5) is 4.39 Å². The Morgan fingerprint density at radius 3 is 2.50 bits per heavy atom. The molecule has 1 aliphatic rings. The Hall–Kier alpha value is -3.26. The van der Waals surface area contributed by atoms with E-state index in [2.05, 4.69) is 22.4 Å². The zero-order chi connectivity index (χ0) is 22.7. The zero-order valence-electron chi connectivity index (χ0n) is 18.3. The topological polar surface area (TPSA) is 63.4 Å². The third-order valence-corrected chi connectivity index (χ3v) is 5.67. The Kier molecular flexibility index (Phi) is 6.50. The summed E-state index contributed by atoms with van der Waals surface area (Å²) in [5.41, 5.74) is 3.44. The first-order chi connectivity index (χ1) is 15.5. The highest BCUT2D eigenvalue weighted by molar-refractivity contribution is 7.80. The number of aromatic nitrogens is 2. The molecule has 6 nitrogen and oxygen atoms in total. The van der Waals surface area contributed by atoms with Gasteiger partial charge in [-0.3, -0.25) is 0 Å². The summed E-state index contributed by atoms with van der Waals surface area (Å²) in [5.74, 6) is 1.38. The molecule has 2 aromatic carbocycles. The van der Waals surface area contributed by atoms with Crippen molar-refractivity contribution in [3.8, 4) is 17.1 Å². The summed E-state index contributed by atoms with van der Waals surface area (Å²) in [6.07, 6.45) is 0.926. The maximum absolute atomic E-state index is 13.5. The third-order valence-electron chi connectivity index (χ3n) is 5.33. The van der Waals surface area contributed by atoms with Crippen LogP contribution < -0.4 is 10.1 Å². The summed E-state index contributed by atoms with van der Waals surface area (Å²) in [6, 6.07) is 13.6. The molecule has 1 unspecified atom stereocenters. The van der Waals surface area contributed by atoms with Crippen molar-refractivity contribution in [3.63, 3.8) is 0 Å².